The zero-order chi connectivity index (χ0) is 21.5. The minimum Gasteiger partial charge on any atom is -0.466 e. The lowest BCUT2D eigenvalue weighted by Gasteiger charge is -2.30. The number of hydrogen-bond donors (Lipinski definition) is 1. The van der Waals surface area contributed by atoms with Crippen LogP contribution in [0.3, 0.4) is 0 Å². The fourth-order valence-electron chi connectivity index (χ4n) is 3.40. The third-order valence-corrected chi connectivity index (χ3v) is 5.85. The summed E-state index contributed by atoms with van der Waals surface area (Å²) in [6.07, 6.45) is -0.178. The van der Waals surface area contributed by atoms with E-state index in [0.717, 1.165) is 25.5 Å². The van der Waals surface area contributed by atoms with E-state index in [0.29, 0.717) is 28.9 Å². The molecule has 1 fully saturated rings. The lowest BCUT2D eigenvalue weighted by atomic mass is 9.99. The van der Waals surface area contributed by atoms with Crippen LogP contribution in [-0.4, -0.2) is 45.2 Å². The van der Waals surface area contributed by atoms with Crippen molar-refractivity contribution in [2.45, 2.75) is 25.9 Å². The van der Waals surface area contributed by atoms with Gasteiger partial charge < -0.3 is 15.4 Å². The van der Waals surface area contributed by atoms with Crippen molar-refractivity contribution < 1.29 is 22.7 Å². The summed E-state index contributed by atoms with van der Waals surface area (Å²) in [5.41, 5.74) is 4.89. The second-order valence-electron chi connectivity index (χ2n) is 6.93. The molecule has 8 nitrogen and oxygen atoms in total. The Morgan fingerprint density at radius 3 is 2.93 bits per heavy atom. The van der Waals surface area contributed by atoms with Gasteiger partial charge in [-0.3, -0.25) is 4.79 Å². The average molecular weight is 440 g/mol. The Balaban J connectivity index is 1.57. The first kappa shape index (κ1) is 20.4. The molecule has 1 saturated heterocycles. The number of carbonyl (C=O) groups excluding carboxylic acids is 1. The van der Waals surface area contributed by atoms with Crippen molar-refractivity contribution in [3.63, 3.8) is 0 Å². The molecule has 1 aliphatic rings. The van der Waals surface area contributed by atoms with Gasteiger partial charge >= 0.3 is 12.1 Å². The molecule has 3 aromatic heterocycles. The van der Waals surface area contributed by atoms with E-state index in [9.17, 15) is 18.0 Å². The first-order valence-electron chi connectivity index (χ1n) is 9.37. The number of carbonyl (C=O) groups is 1. The number of esters is 1. The highest BCUT2D eigenvalue weighted by atomic mass is 32.1. The van der Waals surface area contributed by atoms with E-state index in [-0.39, 0.29) is 17.5 Å². The Morgan fingerprint density at radius 2 is 2.23 bits per heavy atom. The van der Waals surface area contributed by atoms with Crippen LogP contribution in [-0.2, 0) is 15.7 Å². The number of rotatable bonds is 4. The highest BCUT2D eigenvalue weighted by molar-refractivity contribution is 7.20. The maximum atomic E-state index is 13.1. The van der Waals surface area contributed by atoms with Crippen LogP contribution >= 0.6 is 11.3 Å². The third-order valence-electron chi connectivity index (χ3n) is 4.86. The molecule has 12 heteroatoms. The predicted octanol–water partition coefficient (Wildman–Crippen LogP) is 3.23. The van der Waals surface area contributed by atoms with E-state index in [1.54, 1.807) is 13.1 Å². The van der Waals surface area contributed by atoms with Crippen molar-refractivity contribution in [1.82, 2.24) is 19.6 Å². The molecule has 4 rings (SSSR count). The van der Waals surface area contributed by atoms with E-state index < -0.39 is 17.6 Å². The summed E-state index contributed by atoms with van der Waals surface area (Å²) < 4.78 is 45.9. The van der Waals surface area contributed by atoms with E-state index in [4.69, 9.17) is 10.5 Å². The fraction of sp³-hybridized carbons (Fsp3) is 0.444. The molecule has 0 saturated carbocycles. The number of nitrogen functional groups attached to an aromatic ring is 1. The second kappa shape index (κ2) is 7.74. The standard InChI is InChI=1S/C18H19F3N6O2S/c1-2-29-15(28)10-4-3-5-26(8-10)17-25-27-9-13(24-16(27)30-17)11-6-12(18(19,20)21)14(22)23-7-11/h6-7,9-10H,2-5,8H2,1H3,(H2,22,23). The summed E-state index contributed by atoms with van der Waals surface area (Å²) in [6.45, 7) is 3.40. The van der Waals surface area contributed by atoms with Crippen molar-refractivity contribution in [2.75, 3.05) is 30.3 Å². The Labute approximate surface area is 173 Å². The number of piperidine rings is 1. The number of alkyl halides is 3. The van der Waals surface area contributed by atoms with Gasteiger partial charge in [0.1, 0.15) is 5.82 Å². The smallest absolute Gasteiger partial charge is 0.419 e. The monoisotopic (exact) mass is 440 g/mol. The van der Waals surface area contributed by atoms with E-state index in [1.807, 2.05) is 4.90 Å². The largest absolute Gasteiger partial charge is 0.466 e. The molecule has 0 amide bonds. The lowest BCUT2D eigenvalue weighted by molar-refractivity contribution is -0.148. The zero-order valence-corrected chi connectivity index (χ0v) is 16.8. The van der Waals surface area contributed by atoms with Gasteiger partial charge in [-0.25, -0.2) is 14.5 Å². The van der Waals surface area contributed by atoms with Crippen LogP contribution < -0.4 is 10.6 Å². The maximum Gasteiger partial charge on any atom is 0.419 e. The van der Waals surface area contributed by atoms with Gasteiger partial charge in [-0.2, -0.15) is 13.2 Å². The molecule has 4 heterocycles. The highest BCUT2D eigenvalue weighted by Gasteiger charge is 2.34. The Hall–Kier alpha value is -2.89. The van der Waals surface area contributed by atoms with Crippen molar-refractivity contribution in [3.8, 4) is 11.3 Å². The molecule has 1 unspecified atom stereocenters. The quantitative estimate of drug-likeness (QED) is 0.622. The summed E-state index contributed by atoms with van der Waals surface area (Å²) in [6, 6.07) is 0.935. The van der Waals surface area contributed by atoms with Crippen LogP contribution in [0, 0.1) is 5.92 Å². The summed E-state index contributed by atoms with van der Waals surface area (Å²) >= 11 is 1.31. The molecule has 30 heavy (non-hydrogen) atoms. The van der Waals surface area contributed by atoms with Crippen LogP contribution in [0.15, 0.2) is 18.5 Å². The Kier molecular flexibility index (Phi) is 5.26. The van der Waals surface area contributed by atoms with Crippen LogP contribution in [0.4, 0.5) is 24.1 Å². The van der Waals surface area contributed by atoms with Crippen molar-refractivity contribution in [2.24, 2.45) is 5.92 Å². The number of imidazole rings is 1. The number of hydrogen-bond acceptors (Lipinski definition) is 8. The zero-order valence-electron chi connectivity index (χ0n) is 16.0. The van der Waals surface area contributed by atoms with E-state index >= 15 is 0 Å². The fourth-order valence-corrected chi connectivity index (χ4v) is 4.32. The molecule has 2 N–H and O–H groups in total. The van der Waals surface area contributed by atoms with Gasteiger partial charge in [-0.15, -0.1) is 5.10 Å². The number of nitrogens with two attached hydrogens (primary N) is 1. The molecular weight excluding hydrogens is 421 g/mol. The third kappa shape index (κ3) is 3.91. The number of anilines is 2. The second-order valence-corrected chi connectivity index (χ2v) is 7.86. The summed E-state index contributed by atoms with van der Waals surface area (Å²) in [5, 5.41) is 5.19. The number of nitrogens with zero attached hydrogens (tertiary/aromatic N) is 5. The summed E-state index contributed by atoms with van der Waals surface area (Å²) in [7, 11) is 0. The van der Waals surface area contributed by atoms with Gasteiger partial charge in [0.05, 0.1) is 30.0 Å². The highest BCUT2D eigenvalue weighted by Crippen LogP contribution is 2.35. The van der Waals surface area contributed by atoms with E-state index in [2.05, 4.69) is 15.1 Å². The van der Waals surface area contributed by atoms with Crippen LogP contribution in [0.1, 0.15) is 25.3 Å². The minimum absolute atomic E-state index is 0.202. The van der Waals surface area contributed by atoms with Crippen molar-refractivity contribution in [1.29, 1.82) is 0 Å². The molecule has 1 aliphatic heterocycles. The number of aromatic nitrogens is 4. The maximum absolute atomic E-state index is 13.1. The van der Waals surface area contributed by atoms with E-state index in [1.165, 1.54) is 22.0 Å². The number of pyridine rings is 1. The van der Waals surface area contributed by atoms with Crippen LogP contribution in [0.25, 0.3) is 16.2 Å². The number of ether oxygens (including phenoxy) is 1. The molecule has 1 atom stereocenters. The minimum atomic E-state index is -4.60. The summed E-state index contributed by atoms with van der Waals surface area (Å²) in [4.78, 5) is 22.6. The predicted molar refractivity (Wildman–Crippen MR) is 105 cm³/mol. The van der Waals surface area contributed by atoms with Gasteiger partial charge in [-0.1, -0.05) is 11.3 Å². The molecule has 0 spiro atoms. The molecule has 160 valence electrons. The van der Waals surface area contributed by atoms with Crippen LogP contribution in [0.5, 0.6) is 0 Å². The first-order chi connectivity index (χ1) is 14.3. The molecular formula is C18H19F3N6O2S. The molecule has 3 aromatic rings. The number of halogens is 3. The van der Waals surface area contributed by atoms with Crippen molar-refractivity contribution in [3.05, 3.63) is 24.0 Å². The average Bonchev–Trinajstić information content (AvgIpc) is 3.27. The van der Waals surface area contributed by atoms with Gasteiger partial charge in [0.2, 0.25) is 10.1 Å². The lowest BCUT2D eigenvalue weighted by Crippen LogP contribution is -2.39. The van der Waals surface area contributed by atoms with Gasteiger partial charge in [0, 0.05) is 24.8 Å². The molecule has 0 bridgehead atoms. The van der Waals surface area contributed by atoms with Gasteiger partial charge in [0.15, 0.2) is 0 Å². The summed E-state index contributed by atoms with van der Waals surface area (Å²) in [5.74, 6) is -0.983. The SMILES string of the molecule is CCOC(=O)C1CCCN(c2nn3cc(-c4cnc(N)c(C(F)(F)F)c4)nc3s2)C1. The van der Waals surface area contributed by atoms with Gasteiger partial charge in [-0.05, 0) is 25.8 Å². The van der Waals surface area contributed by atoms with Gasteiger partial charge in [0.25, 0.3) is 0 Å². The normalized spacial score (nSPS) is 17.5. The molecule has 0 aliphatic carbocycles. The Morgan fingerprint density at radius 1 is 1.43 bits per heavy atom. The van der Waals surface area contributed by atoms with Crippen LogP contribution in [0.2, 0.25) is 0 Å². The topological polar surface area (TPSA) is 98.6 Å². The molecule has 0 aromatic carbocycles. The molecule has 0 radical (unpaired) electrons. The first-order valence-corrected chi connectivity index (χ1v) is 10.2. The Bertz CT molecular complexity index is 1050. The number of fused-ring (bicyclic) bond motifs is 1. The van der Waals surface area contributed by atoms with Crippen molar-refractivity contribution >= 4 is 33.2 Å².